The van der Waals surface area contributed by atoms with Crippen LogP contribution >= 0.6 is 0 Å². The average Bonchev–Trinajstić information content (AvgIpc) is 3.93. The van der Waals surface area contributed by atoms with Crippen LogP contribution in [0.5, 0.6) is 11.5 Å². The van der Waals surface area contributed by atoms with E-state index in [1.165, 1.54) is 72.2 Å². The number of anilines is 3. The van der Waals surface area contributed by atoms with Crippen molar-refractivity contribution in [2.75, 3.05) is 23.0 Å². The monoisotopic (exact) mass is 926 g/mol. The molecule has 0 saturated heterocycles. The molecule has 1 aliphatic rings. The fourth-order valence-electron chi connectivity index (χ4n) is 10.4. The minimum absolute atomic E-state index is 0.00177. The minimum atomic E-state index is -0.00177. The van der Waals surface area contributed by atoms with Gasteiger partial charge in [-0.15, -0.1) is 0 Å². The number of pyridine rings is 1. The second kappa shape index (κ2) is 18.8. The maximum absolute atomic E-state index is 6.74. The number of hydrogen-bond acceptors (Lipinski definition) is 4. The summed E-state index contributed by atoms with van der Waals surface area (Å²) in [5.41, 5.74) is 17.4. The lowest BCUT2D eigenvalue weighted by molar-refractivity contribution is 0.483. The molecule has 0 bridgehead atoms. The molecule has 8 aromatic carbocycles. The van der Waals surface area contributed by atoms with Crippen LogP contribution in [-0.2, 0) is 17.3 Å². The lowest BCUT2D eigenvalue weighted by Gasteiger charge is -2.23. The Balaban J connectivity index is 0.832. The average molecular weight is 927 g/mol. The van der Waals surface area contributed by atoms with E-state index >= 15 is 0 Å². The summed E-state index contributed by atoms with van der Waals surface area (Å²) in [7, 11) is 0. The molecular weight excluding hydrogens is 865 g/mol. The van der Waals surface area contributed by atoms with Crippen LogP contribution in [0.15, 0.2) is 206 Å². The van der Waals surface area contributed by atoms with E-state index in [1.807, 2.05) is 6.20 Å². The molecule has 71 heavy (non-hydrogen) atoms. The highest BCUT2D eigenvalue weighted by Gasteiger charge is 2.27. The number of ether oxygens (including phenoxy) is 1. The molecule has 0 aliphatic carbocycles. The molecule has 0 amide bonds. The number of benzene rings is 8. The lowest BCUT2D eigenvalue weighted by atomic mass is 9.83. The highest BCUT2D eigenvalue weighted by atomic mass is 16.5. The highest BCUT2D eigenvalue weighted by Crippen LogP contribution is 2.43. The first kappa shape index (κ1) is 45.5. The van der Waals surface area contributed by atoms with Crippen molar-refractivity contribution in [2.45, 2.75) is 71.6 Å². The van der Waals surface area contributed by atoms with Gasteiger partial charge in [0.15, 0.2) is 0 Å². The summed E-state index contributed by atoms with van der Waals surface area (Å²) in [4.78, 5) is 9.85. The Morgan fingerprint density at radius 3 is 1.85 bits per heavy atom. The molecular formula is C66H62N4O. The molecule has 2 aromatic heterocycles. The molecule has 0 radical (unpaired) electrons. The van der Waals surface area contributed by atoms with Crippen LogP contribution in [0.25, 0.3) is 61.0 Å². The number of nitrogens with zero attached hydrogens (tertiary/aromatic N) is 4. The zero-order valence-corrected chi connectivity index (χ0v) is 41.9. The van der Waals surface area contributed by atoms with Crippen LogP contribution in [-0.4, -0.2) is 22.8 Å². The molecule has 0 N–H and O–H groups in total. The Bertz CT molecular complexity index is 3470. The van der Waals surface area contributed by atoms with E-state index in [1.54, 1.807) is 0 Å². The normalized spacial score (nSPS) is 12.8. The van der Waals surface area contributed by atoms with Crippen molar-refractivity contribution in [3.8, 4) is 50.7 Å². The molecule has 352 valence electrons. The van der Waals surface area contributed by atoms with Gasteiger partial charge in [0.2, 0.25) is 0 Å². The third-order valence-electron chi connectivity index (χ3n) is 14.2. The van der Waals surface area contributed by atoms with Crippen LogP contribution in [0.3, 0.4) is 0 Å². The summed E-state index contributed by atoms with van der Waals surface area (Å²) in [5, 5.41) is 2.36. The summed E-state index contributed by atoms with van der Waals surface area (Å²) in [6.07, 6.45) is 5.07. The minimum Gasteiger partial charge on any atom is -0.457 e. The second-order valence-corrected chi connectivity index (χ2v) is 21.2. The van der Waals surface area contributed by atoms with Crippen LogP contribution in [0, 0.1) is 0 Å². The van der Waals surface area contributed by atoms with E-state index in [2.05, 4.69) is 256 Å². The maximum Gasteiger partial charge on any atom is 0.137 e. The van der Waals surface area contributed by atoms with Crippen molar-refractivity contribution in [3.05, 3.63) is 223 Å². The van der Waals surface area contributed by atoms with Crippen molar-refractivity contribution < 1.29 is 4.74 Å². The first-order valence-electron chi connectivity index (χ1n) is 25.2. The first-order valence-corrected chi connectivity index (χ1v) is 25.2. The molecule has 0 atom stereocenters. The number of hydrogen-bond donors (Lipinski definition) is 0. The third kappa shape index (κ3) is 9.33. The lowest BCUT2D eigenvalue weighted by Crippen LogP contribution is -2.28. The second-order valence-electron chi connectivity index (χ2n) is 21.2. The third-order valence-corrected chi connectivity index (χ3v) is 14.2. The van der Waals surface area contributed by atoms with Gasteiger partial charge in [-0.1, -0.05) is 157 Å². The van der Waals surface area contributed by atoms with E-state index in [-0.39, 0.29) is 10.8 Å². The number of fused-ring (bicyclic) bond motifs is 4. The zero-order chi connectivity index (χ0) is 48.7. The van der Waals surface area contributed by atoms with Gasteiger partial charge in [0.1, 0.15) is 17.3 Å². The molecule has 5 nitrogen and oxygen atoms in total. The molecule has 5 heteroatoms. The van der Waals surface area contributed by atoms with Crippen LogP contribution < -0.4 is 14.5 Å². The number of para-hydroxylation sites is 3. The quantitative estimate of drug-likeness (QED) is 0.114. The fourth-order valence-corrected chi connectivity index (χ4v) is 10.4. The number of rotatable bonds is 12. The molecule has 11 rings (SSSR count). The SMILES string of the molecule is CC(C)(C)c1ccnc(-n2c3ccccc3c3ccc(Oc4cccc(N5CN(CCCCc6cc(C(C)(C)C)ccc6-c6cc(-c7ccccc7)cc(-c7ccccc7)c6)c6ccccc65)c4)cc32)c1. The molecule has 0 saturated carbocycles. The molecule has 1 aliphatic heterocycles. The van der Waals surface area contributed by atoms with Crippen molar-refractivity contribution in [1.82, 2.24) is 9.55 Å². The van der Waals surface area contributed by atoms with Gasteiger partial charge >= 0.3 is 0 Å². The largest absolute Gasteiger partial charge is 0.457 e. The van der Waals surface area contributed by atoms with Crippen LogP contribution in [0.1, 0.15) is 71.1 Å². The Morgan fingerprint density at radius 2 is 1.11 bits per heavy atom. The molecule has 0 fully saturated rings. The van der Waals surface area contributed by atoms with Crippen molar-refractivity contribution in [3.63, 3.8) is 0 Å². The predicted octanol–water partition coefficient (Wildman–Crippen LogP) is 17.5. The van der Waals surface area contributed by atoms with E-state index < -0.39 is 0 Å². The van der Waals surface area contributed by atoms with Gasteiger partial charge < -0.3 is 14.5 Å². The van der Waals surface area contributed by atoms with Gasteiger partial charge in [-0.2, -0.15) is 0 Å². The van der Waals surface area contributed by atoms with E-state index in [0.717, 1.165) is 66.5 Å². The maximum atomic E-state index is 6.74. The van der Waals surface area contributed by atoms with Crippen LogP contribution in [0.2, 0.25) is 0 Å². The van der Waals surface area contributed by atoms with Crippen molar-refractivity contribution in [1.29, 1.82) is 0 Å². The summed E-state index contributed by atoms with van der Waals surface area (Å²) in [6, 6.07) is 72.6. The summed E-state index contributed by atoms with van der Waals surface area (Å²) >= 11 is 0. The summed E-state index contributed by atoms with van der Waals surface area (Å²) in [6.45, 7) is 15.4. The Hall–Kier alpha value is -7.89. The topological polar surface area (TPSA) is 33.5 Å². The van der Waals surface area contributed by atoms with Crippen molar-refractivity contribution in [2.24, 2.45) is 0 Å². The van der Waals surface area contributed by atoms with Gasteiger partial charge in [-0.3, -0.25) is 4.57 Å². The van der Waals surface area contributed by atoms with E-state index in [9.17, 15) is 0 Å². The fraction of sp³-hybridized carbons (Fsp3) is 0.197. The first-order chi connectivity index (χ1) is 34.4. The van der Waals surface area contributed by atoms with Gasteiger partial charge in [-0.05, 0) is 153 Å². The smallest absolute Gasteiger partial charge is 0.137 e. The van der Waals surface area contributed by atoms with E-state index in [4.69, 9.17) is 9.72 Å². The van der Waals surface area contributed by atoms with Crippen LogP contribution in [0.4, 0.5) is 17.1 Å². The van der Waals surface area contributed by atoms with Gasteiger partial charge in [0.05, 0.1) is 29.1 Å². The Labute approximate surface area is 419 Å². The molecule has 0 spiro atoms. The number of unbranched alkanes of at least 4 members (excludes halogenated alkanes) is 1. The zero-order valence-electron chi connectivity index (χ0n) is 41.9. The number of aromatic nitrogens is 2. The summed E-state index contributed by atoms with van der Waals surface area (Å²) in [5.74, 6) is 2.49. The summed E-state index contributed by atoms with van der Waals surface area (Å²) < 4.78 is 9.01. The van der Waals surface area contributed by atoms with Crippen molar-refractivity contribution >= 4 is 38.9 Å². The van der Waals surface area contributed by atoms with Gasteiger partial charge in [-0.25, -0.2) is 4.98 Å². The Kier molecular flexibility index (Phi) is 12.1. The standard InChI is InChI=1S/C66H62N4O/c1-65(2,3)52-31-33-57(51-39-49(46-20-9-7-10-21-46)38-50(40-51)47-22-11-8-12-23-47)48(41-52)24-17-18-37-68-45-69(62-30-16-15-29-61(62)68)54-25-19-26-55(43-54)71-56-32-34-59-58-27-13-14-28-60(58)70(63(59)44-56)64-42-53(35-36-67-64)66(4,5)6/h7-16,19-23,25-36,38-44H,17-18,24,37,45H2,1-6H3. The highest BCUT2D eigenvalue weighted by molar-refractivity contribution is 6.09. The van der Waals surface area contributed by atoms with E-state index in [0.29, 0.717) is 0 Å². The number of aryl methyl sites for hydroxylation is 1. The Morgan fingerprint density at radius 1 is 0.479 bits per heavy atom. The molecule has 3 heterocycles. The van der Waals surface area contributed by atoms with Gasteiger partial charge in [0.25, 0.3) is 0 Å². The molecule has 10 aromatic rings. The molecule has 0 unspecified atom stereocenters. The predicted molar refractivity (Wildman–Crippen MR) is 299 cm³/mol. The van der Waals surface area contributed by atoms with Gasteiger partial charge in [0, 0.05) is 41.3 Å².